The maximum Gasteiger partial charge on any atom is 0.129 e. The number of pyridine rings is 1. The first-order valence-electron chi connectivity index (χ1n) is 4.83. The van der Waals surface area contributed by atoms with E-state index >= 15 is 0 Å². The molecule has 0 saturated heterocycles. The Morgan fingerprint density at radius 3 is 2.41 bits per heavy atom. The van der Waals surface area contributed by atoms with Crippen LogP contribution in [0.25, 0.3) is 0 Å². The normalized spacial score (nSPS) is 10.3. The van der Waals surface area contributed by atoms with Crippen LogP contribution in [-0.2, 0) is 6.61 Å². The summed E-state index contributed by atoms with van der Waals surface area (Å²) in [4.78, 5) is 3.86. The lowest BCUT2D eigenvalue weighted by Crippen LogP contribution is -1.97. The van der Waals surface area contributed by atoms with Gasteiger partial charge in [0, 0.05) is 30.0 Å². The van der Waals surface area contributed by atoms with Crippen LogP contribution in [0.5, 0.6) is 5.75 Å². The van der Waals surface area contributed by atoms with Gasteiger partial charge in [0.2, 0.25) is 0 Å². The number of halogens is 3. The molecular weight excluding hydrogens is 248 g/mol. The third kappa shape index (κ3) is 3.39. The predicted molar refractivity (Wildman–Crippen MR) is 59.9 cm³/mol. The van der Waals surface area contributed by atoms with Gasteiger partial charge in [0.1, 0.15) is 29.1 Å². The second kappa shape index (κ2) is 5.10. The van der Waals surface area contributed by atoms with Crippen molar-refractivity contribution >= 4 is 11.6 Å². The molecule has 0 amide bonds. The van der Waals surface area contributed by atoms with Crippen LogP contribution in [0.1, 0.15) is 5.56 Å². The summed E-state index contributed by atoms with van der Waals surface area (Å²) in [5, 5.41) is 0.380. The largest absolute Gasteiger partial charge is 0.489 e. The smallest absolute Gasteiger partial charge is 0.129 e. The monoisotopic (exact) mass is 255 g/mol. The third-order valence-corrected chi connectivity index (χ3v) is 2.25. The first kappa shape index (κ1) is 11.8. The van der Waals surface area contributed by atoms with Crippen molar-refractivity contribution < 1.29 is 13.5 Å². The molecule has 0 saturated carbocycles. The molecule has 1 heterocycles. The Morgan fingerprint density at radius 1 is 1.12 bits per heavy atom. The van der Waals surface area contributed by atoms with E-state index < -0.39 is 11.6 Å². The topological polar surface area (TPSA) is 22.1 Å². The molecule has 0 aliphatic rings. The molecule has 0 aliphatic carbocycles. The van der Waals surface area contributed by atoms with Crippen molar-refractivity contribution in [3.8, 4) is 5.75 Å². The van der Waals surface area contributed by atoms with Gasteiger partial charge in [-0.1, -0.05) is 17.7 Å². The SMILES string of the molecule is Fc1cc(F)cc(OCc2ccc(Cl)nc2)c1. The molecule has 88 valence electrons. The zero-order chi connectivity index (χ0) is 12.3. The van der Waals surface area contributed by atoms with Crippen molar-refractivity contribution in [3.05, 3.63) is 58.9 Å². The van der Waals surface area contributed by atoms with Crippen LogP contribution < -0.4 is 4.74 Å². The second-order valence-corrected chi connectivity index (χ2v) is 3.77. The van der Waals surface area contributed by atoms with E-state index in [4.69, 9.17) is 16.3 Å². The minimum atomic E-state index is -0.672. The van der Waals surface area contributed by atoms with Gasteiger partial charge in [-0.3, -0.25) is 0 Å². The highest BCUT2D eigenvalue weighted by Gasteiger charge is 2.02. The van der Waals surface area contributed by atoms with Crippen molar-refractivity contribution in [1.82, 2.24) is 4.98 Å². The number of hydrogen-bond acceptors (Lipinski definition) is 2. The average molecular weight is 256 g/mol. The van der Waals surface area contributed by atoms with E-state index in [1.54, 1.807) is 12.1 Å². The molecule has 17 heavy (non-hydrogen) atoms. The Kier molecular flexibility index (Phi) is 3.54. The van der Waals surface area contributed by atoms with E-state index in [1.165, 1.54) is 6.20 Å². The van der Waals surface area contributed by atoms with Crippen LogP contribution in [0.4, 0.5) is 8.78 Å². The molecule has 0 aliphatic heterocycles. The fourth-order valence-electron chi connectivity index (χ4n) is 1.27. The number of hydrogen-bond donors (Lipinski definition) is 0. The van der Waals surface area contributed by atoms with Crippen LogP contribution in [-0.4, -0.2) is 4.98 Å². The third-order valence-electron chi connectivity index (χ3n) is 2.03. The maximum absolute atomic E-state index is 12.9. The fraction of sp³-hybridized carbons (Fsp3) is 0.0833. The van der Waals surface area contributed by atoms with Crippen molar-refractivity contribution in [2.45, 2.75) is 6.61 Å². The first-order valence-corrected chi connectivity index (χ1v) is 5.20. The summed E-state index contributed by atoms with van der Waals surface area (Å²) in [7, 11) is 0. The molecule has 1 aromatic carbocycles. The lowest BCUT2D eigenvalue weighted by molar-refractivity contribution is 0.302. The number of nitrogens with zero attached hydrogens (tertiary/aromatic N) is 1. The lowest BCUT2D eigenvalue weighted by atomic mass is 10.3. The minimum Gasteiger partial charge on any atom is -0.489 e. The van der Waals surface area contributed by atoms with Gasteiger partial charge in [0.25, 0.3) is 0 Å². The summed E-state index contributed by atoms with van der Waals surface area (Å²) in [5.74, 6) is -1.21. The van der Waals surface area contributed by atoms with Gasteiger partial charge in [-0.25, -0.2) is 13.8 Å². The maximum atomic E-state index is 12.9. The summed E-state index contributed by atoms with van der Waals surface area (Å²) in [6, 6.07) is 6.37. The van der Waals surface area contributed by atoms with E-state index in [0.717, 1.165) is 23.8 Å². The number of ether oxygens (including phenoxy) is 1. The Morgan fingerprint density at radius 2 is 1.82 bits per heavy atom. The standard InChI is InChI=1S/C12H8ClF2NO/c13-12-2-1-8(6-16-12)7-17-11-4-9(14)3-10(15)5-11/h1-6H,7H2. The minimum absolute atomic E-state index is 0.137. The highest BCUT2D eigenvalue weighted by atomic mass is 35.5. The molecule has 0 fully saturated rings. The Labute approximate surface area is 102 Å². The number of rotatable bonds is 3. The number of benzene rings is 1. The van der Waals surface area contributed by atoms with Gasteiger partial charge in [-0.05, 0) is 6.07 Å². The van der Waals surface area contributed by atoms with Crippen molar-refractivity contribution in [3.63, 3.8) is 0 Å². The Bertz CT molecular complexity index is 496. The molecule has 0 N–H and O–H groups in total. The van der Waals surface area contributed by atoms with Gasteiger partial charge in [0.15, 0.2) is 0 Å². The highest BCUT2D eigenvalue weighted by molar-refractivity contribution is 6.29. The summed E-state index contributed by atoms with van der Waals surface area (Å²) in [6.07, 6.45) is 1.54. The molecule has 0 spiro atoms. The molecule has 0 radical (unpaired) electrons. The van der Waals surface area contributed by atoms with Gasteiger partial charge < -0.3 is 4.74 Å². The van der Waals surface area contributed by atoms with Gasteiger partial charge >= 0.3 is 0 Å². The zero-order valence-electron chi connectivity index (χ0n) is 8.66. The van der Waals surface area contributed by atoms with Gasteiger partial charge in [-0.2, -0.15) is 0 Å². The van der Waals surface area contributed by atoms with Crippen molar-refractivity contribution in [2.75, 3.05) is 0 Å². The van der Waals surface area contributed by atoms with Gasteiger partial charge in [0.05, 0.1) is 0 Å². The van der Waals surface area contributed by atoms with Crippen LogP contribution >= 0.6 is 11.6 Å². The average Bonchev–Trinajstić information content (AvgIpc) is 2.27. The fourth-order valence-corrected chi connectivity index (χ4v) is 1.38. The molecular formula is C12H8ClF2NO. The highest BCUT2D eigenvalue weighted by Crippen LogP contribution is 2.17. The zero-order valence-corrected chi connectivity index (χ0v) is 9.42. The van der Waals surface area contributed by atoms with Crippen LogP contribution in [0, 0.1) is 11.6 Å². The molecule has 2 rings (SSSR count). The second-order valence-electron chi connectivity index (χ2n) is 3.38. The number of aromatic nitrogens is 1. The first-order chi connectivity index (χ1) is 8.13. The lowest BCUT2D eigenvalue weighted by Gasteiger charge is -2.06. The molecule has 0 bridgehead atoms. The molecule has 0 atom stereocenters. The molecule has 5 heteroatoms. The Balaban J connectivity index is 2.04. The molecule has 2 nitrogen and oxygen atoms in total. The van der Waals surface area contributed by atoms with Crippen molar-refractivity contribution in [2.24, 2.45) is 0 Å². The Hall–Kier alpha value is -1.68. The van der Waals surface area contributed by atoms with Crippen LogP contribution in [0.15, 0.2) is 36.5 Å². The van der Waals surface area contributed by atoms with E-state index in [1.807, 2.05) is 0 Å². The summed E-state index contributed by atoms with van der Waals surface area (Å²) < 4.78 is 30.9. The van der Waals surface area contributed by atoms with E-state index in [0.29, 0.717) is 5.15 Å². The van der Waals surface area contributed by atoms with E-state index in [-0.39, 0.29) is 12.4 Å². The van der Waals surface area contributed by atoms with Gasteiger partial charge in [-0.15, -0.1) is 0 Å². The van der Waals surface area contributed by atoms with E-state index in [9.17, 15) is 8.78 Å². The van der Waals surface area contributed by atoms with Crippen LogP contribution in [0.3, 0.4) is 0 Å². The summed E-state index contributed by atoms with van der Waals surface area (Å²) in [5.41, 5.74) is 0.763. The molecule has 0 unspecified atom stereocenters. The van der Waals surface area contributed by atoms with E-state index in [2.05, 4.69) is 4.98 Å². The molecule has 2 aromatic rings. The quantitative estimate of drug-likeness (QED) is 0.782. The summed E-state index contributed by atoms with van der Waals surface area (Å²) in [6.45, 7) is 0.174. The van der Waals surface area contributed by atoms with Crippen LogP contribution in [0.2, 0.25) is 5.15 Å². The van der Waals surface area contributed by atoms with Crippen molar-refractivity contribution in [1.29, 1.82) is 0 Å². The molecule has 1 aromatic heterocycles. The predicted octanol–water partition coefficient (Wildman–Crippen LogP) is 3.59. The summed E-state index contributed by atoms with van der Waals surface area (Å²) >= 11 is 5.62.